The minimum Gasteiger partial charge on any atom is -0.395 e. The Hall–Kier alpha value is -1.07. The van der Waals surface area contributed by atoms with E-state index in [9.17, 15) is 4.79 Å². The number of rotatable bonds is 2. The van der Waals surface area contributed by atoms with Crippen LogP contribution in [0.25, 0.3) is 0 Å². The SMILES string of the molecule is CN1C(=O)CN(CCO)c2cc(Br)ccc21. The van der Waals surface area contributed by atoms with Gasteiger partial charge in [-0.25, -0.2) is 0 Å². The maximum absolute atomic E-state index is 11.7. The van der Waals surface area contributed by atoms with Crippen LogP contribution in [-0.4, -0.2) is 37.8 Å². The van der Waals surface area contributed by atoms with E-state index < -0.39 is 0 Å². The maximum Gasteiger partial charge on any atom is 0.246 e. The molecule has 0 atom stereocenters. The normalized spacial score (nSPS) is 15.3. The molecule has 1 aliphatic heterocycles. The number of halogens is 1. The van der Waals surface area contributed by atoms with Crippen LogP contribution >= 0.6 is 15.9 Å². The molecule has 0 saturated carbocycles. The number of hydrogen-bond donors (Lipinski definition) is 1. The van der Waals surface area contributed by atoms with E-state index in [0.717, 1.165) is 15.8 Å². The molecule has 0 spiro atoms. The van der Waals surface area contributed by atoms with Crippen molar-refractivity contribution in [3.05, 3.63) is 22.7 Å². The van der Waals surface area contributed by atoms with Crippen LogP contribution in [-0.2, 0) is 4.79 Å². The molecule has 2 rings (SSSR count). The van der Waals surface area contributed by atoms with Crippen LogP contribution in [0.3, 0.4) is 0 Å². The molecule has 1 amide bonds. The summed E-state index contributed by atoms with van der Waals surface area (Å²) in [7, 11) is 1.77. The lowest BCUT2D eigenvalue weighted by Crippen LogP contribution is -2.44. The quantitative estimate of drug-likeness (QED) is 0.888. The fourth-order valence-electron chi connectivity index (χ4n) is 1.84. The Morgan fingerprint density at radius 1 is 1.44 bits per heavy atom. The Morgan fingerprint density at radius 3 is 2.88 bits per heavy atom. The molecule has 86 valence electrons. The van der Waals surface area contributed by atoms with Crippen molar-refractivity contribution in [2.75, 3.05) is 36.5 Å². The average Bonchev–Trinajstić information content (AvgIpc) is 2.26. The monoisotopic (exact) mass is 284 g/mol. The largest absolute Gasteiger partial charge is 0.395 e. The molecular formula is C11H13BrN2O2. The van der Waals surface area contributed by atoms with Gasteiger partial charge < -0.3 is 14.9 Å². The highest BCUT2D eigenvalue weighted by atomic mass is 79.9. The van der Waals surface area contributed by atoms with E-state index >= 15 is 0 Å². The Bertz CT molecular complexity index is 422. The first-order chi connectivity index (χ1) is 7.63. The van der Waals surface area contributed by atoms with Crippen molar-refractivity contribution in [2.24, 2.45) is 0 Å². The number of carbonyl (C=O) groups is 1. The Labute approximate surface area is 103 Å². The zero-order valence-corrected chi connectivity index (χ0v) is 10.6. The highest BCUT2D eigenvalue weighted by Crippen LogP contribution is 2.34. The van der Waals surface area contributed by atoms with Crippen molar-refractivity contribution in [3.63, 3.8) is 0 Å². The van der Waals surface area contributed by atoms with Crippen LogP contribution < -0.4 is 9.80 Å². The van der Waals surface area contributed by atoms with Crippen LogP contribution in [0.2, 0.25) is 0 Å². The summed E-state index contributed by atoms with van der Waals surface area (Å²) in [6.45, 7) is 0.840. The molecule has 4 nitrogen and oxygen atoms in total. The van der Waals surface area contributed by atoms with Crippen LogP contribution in [0.15, 0.2) is 22.7 Å². The number of benzene rings is 1. The van der Waals surface area contributed by atoms with Crippen LogP contribution in [0.1, 0.15) is 0 Å². The minimum atomic E-state index is 0.0446. The molecule has 1 heterocycles. The number of anilines is 2. The zero-order valence-electron chi connectivity index (χ0n) is 8.98. The number of aliphatic hydroxyl groups is 1. The van der Waals surface area contributed by atoms with E-state index in [0.29, 0.717) is 13.1 Å². The fraction of sp³-hybridized carbons (Fsp3) is 0.364. The molecular weight excluding hydrogens is 272 g/mol. The van der Waals surface area contributed by atoms with Crippen molar-refractivity contribution in [1.82, 2.24) is 0 Å². The number of fused-ring (bicyclic) bond motifs is 1. The van der Waals surface area contributed by atoms with E-state index in [1.54, 1.807) is 11.9 Å². The third kappa shape index (κ3) is 1.92. The number of hydrogen-bond acceptors (Lipinski definition) is 3. The highest BCUT2D eigenvalue weighted by Gasteiger charge is 2.26. The molecule has 1 aromatic carbocycles. The average molecular weight is 285 g/mol. The van der Waals surface area contributed by atoms with Crippen LogP contribution in [0.4, 0.5) is 11.4 Å². The molecule has 0 unspecified atom stereocenters. The van der Waals surface area contributed by atoms with Gasteiger partial charge in [0.25, 0.3) is 0 Å². The van der Waals surface area contributed by atoms with Crippen molar-refractivity contribution < 1.29 is 9.90 Å². The molecule has 0 bridgehead atoms. The first kappa shape index (κ1) is 11.4. The maximum atomic E-state index is 11.7. The molecule has 0 saturated heterocycles. The molecule has 0 radical (unpaired) electrons. The van der Waals surface area contributed by atoms with Crippen molar-refractivity contribution in [3.8, 4) is 0 Å². The van der Waals surface area contributed by atoms with E-state index in [4.69, 9.17) is 5.11 Å². The summed E-state index contributed by atoms with van der Waals surface area (Å²) < 4.78 is 0.969. The van der Waals surface area contributed by atoms with Crippen LogP contribution in [0.5, 0.6) is 0 Å². The van der Waals surface area contributed by atoms with Crippen molar-refractivity contribution in [2.45, 2.75) is 0 Å². The van der Waals surface area contributed by atoms with Gasteiger partial charge in [-0.15, -0.1) is 0 Å². The van der Waals surface area contributed by atoms with Gasteiger partial charge in [0.2, 0.25) is 5.91 Å². The summed E-state index contributed by atoms with van der Waals surface area (Å²) in [5.74, 6) is 0.0447. The standard InChI is InChI=1S/C11H13BrN2O2/c1-13-9-3-2-8(12)6-10(9)14(4-5-15)7-11(13)16/h2-3,6,15H,4-5,7H2,1H3. The Kier molecular flexibility index (Phi) is 3.16. The molecule has 0 aromatic heterocycles. The second-order valence-corrected chi connectivity index (χ2v) is 4.65. The summed E-state index contributed by atoms with van der Waals surface area (Å²) in [5, 5.41) is 8.99. The number of likely N-dealkylation sites (N-methyl/N-ethyl adjacent to an activating group) is 1. The lowest BCUT2D eigenvalue weighted by Gasteiger charge is -2.35. The summed E-state index contributed by atoms with van der Waals surface area (Å²) >= 11 is 3.41. The van der Waals surface area contributed by atoms with Gasteiger partial charge in [-0.1, -0.05) is 15.9 Å². The first-order valence-corrected chi connectivity index (χ1v) is 5.84. The second kappa shape index (κ2) is 4.43. The Morgan fingerprint density at radius 2 is 2.19 bits per heavy atom. The summed E-state index contributed by atoms with van der Waals surface area (Å²) in [4.78, 5) is 15.3. The smallest absolute Gasteiger partial charge is 0.246 e. The molecule has 1 aliphatic rings. The van der Waals surface area contributed by atoms with Gasteiger partial charge in [-0.3, -0.25) is 4.79 Å². The van der Waals surface area contributed by atoms with E-state index in [-0.39, 0.29) is 12.5 Å². The van der Waals surface area contributed by atoms with Gasteiger partial charge in [0, 0.05) is 18.1 Å². The molecule has 5 heteroatoms. The topological polar surface area (TPSA) is 43.8 Å². The summed E-state index contributed by atoms with van der Waals surface area (Å²) in [6.07, 6.45) is 0. The van der Waals surface area contributed by atoms with E-state index in [2.05, 4.69) is 15.9 Å². The molecule has 16 heavy (non-hydrogen) atoms. The summed E-state index contributed by atoms with van der Waals surface area (Å²) in [6, 6.07) is 5.78. The lowest BCUT2D eigenvalue weighted by atomic mass is 10.1. The minimum absolute atomic E-state index is 0.0446. The third-order valence-electron chi connectivity index (χ3n) is 2.71. The number of amides is 1. The van der Waals surface area contributed by atoms with Gasteiger partial charge in [0.15, 0.2) is 0 Å². The fourth-order valence-corrected chi connectivity index (χ4v) is 2.19. The van der Waals surface area contributed by atoms with E-state index in [1.165, 1.54) is 0 Å². The van der Waals surface area contributed by atoms with Crippen LogP contribution in [0, 0.1) is 0 Å². The van der Waals surface area contributed by atoms with E-state index in [1.807, 2.05) is 23.1 Å². The number of β-amino-alcohol motifs (C(OH)–C–C–N with tert-alkyl or cyclic N) is 1. The van der Waals surface area contributed by atoms with Gasteiger partial charge >= 0.3 is 0 Å². The molecule has 1 aromatic rings. The van der Waals surface area contributed by atoms with Gasteiger partial charge in [-0.05, 0) is 18.2 Å². The van der Waals surface area contributed by atoms with Crippen molar-refractivity contribution >= 4 is 33.2 Å². The zero-order chi connectivity index (χ0) is 11.7. The Balaban J connectivity index is 2.45. The highest BCUT2D eigenvalue weighted by molar-refractivity contribution is 9.10. The van der Waals surface area contributed by atoms with Gasteiger partial charge in [0.05, 0.1) is 24.5 Å². The third-order valence-corrected chi connectivity index (χ3v) is 3.20. The molecule has 1 N–H and O–H groups in total. The predicted molar refractivity (Wildman–Crippen MR) is 66.9 cm³/mol. The number of nitrogens with zero attached hydrogens (tertiary/aromatic N) is 2. The lowest BCUT2D eigenvalue weighted by molar-refractivity contribution is -0.117. The number of aliphatic hydroxyl groups excluding tert-OH is 1. The second-order valence-electron chi connectivity index (χ2n) is 3.73. The van der Waals surface area contributed by atoms with Gasteiger partial charge in [-0.2, -0.15) is 0 Å². The number of carbonyl (C=O) groups excluding carboxylic acids is 1. The van der Waals surface area contributed by atoms with Crippen molar-refractivity contribution in [1.29, 1.82) is 0 Å². The first-order valence-electron chi connectivity index (χ1n) is 5.05. The molecule has 0 fully saturated rings. The molecule has 0 aliphatic carbocycles. The van der Waals surface area contributed by atoms with Gasteiger partial charge in [0.1, 0.15) is 0 Å². The summed E-state index contributed by atoms with van der Waals surface area (Å²) in [5.41, 5.74) is 1.86. The predicted octanol–water partition coefficient (Wildman–Crippen LogP) is 1.22.